The third-order valence-electron chi connectivity index (χ3n) is 2.21. The van der Waals surface area contributed by atoms with Crippen LogP contribution in [-0.2, 0) is 21.8 Å². The summed E-state index contributed by atoms with van der Waals surface area (Å²) < 4.78 is 17.8. The number of rotatable bonds is 3. The van der Waals surface area contributed by atoms with E-state index in [1.54, 1.807) is 13.0 Å². The van der Waals surface area contributed by atoms with E-state index in [2.05, 4.69) is 4.74 Å². The molecule has 4 heteroatoms. The van der Waals surface area contributed by atoms with Crippen molar-refractivity contribution in [1.82, 2.24) is 0 Å². The molecule has 0 unspecified atom stereocenters. The second-order valence-corrected chi connectivity index (χ2v) is 3.52. The van der Waals surface area contributed by atoms with E-state index in [4.69, 9.17) is 11.6 Å². The lowest BCUT2D eigenvalue weighted by molar-refractivity contribution is -0.139. The van der Waals surface area contributed by atoms with Crippen LogP contribution in [0, 0.1) is 12.7 Å². The van der Waals surface area contributed by atoms with E-state index in [0.717, 1.165) is 11.1 Å². The molecule has 0 radical (unpaired) electrons. The molecule has 15 heavy (non-hydrogen) atoms. The van der Waals surface area contributed by atoms with Gasteiger partial charge in [-0.1, -0.05) is 6.07 Å². The number of ether oxygens (including phenoxy) is 1. The number of carbonyl (C=O) groups excluding carboxylic acids is 1. The molecule has 0 heterocycles. The van der Waals surface area contributed by atoms with E-state index in [9.17, 15) is 9.18 Å². The quantitative estimate of drug-likeness (QED) is 0.589. The van der Waals surface area contributed by atoms with Crippen molar-refractivity contribution in [3.63, 3.8) is 0 Å². The number of hydrogen-bond acceptors (Lipinski definition) is 2. The Morgan fingerprint density at radius 2 is 2.13 bits per heavy atom. The predicted molar refractivity (Wildman–Crippen MR) is 56.4 cm³/mol. The summed E-state index contributed by atoms with van der Waals surface area (Å²) in [6.45, 7) is 1.75. The molecule has 1 rings (SSSR count). The fourth-order valence-electron chi connectivity index (χ4n) is 1.29. The maximum absolute atomic E-state index is 13.2. The number of aryl methyl sites for hydroxylation is 1. The van der Waals surface area contributed by atoms with Crippen molar-refractivity contribution < 1.29 is 13.9 Å². The van der Waals surface area contributed by atoms with Crippen LogP contribution < -0.4 is 0 Å². The van der Waals surface area contributed by atoms with E-state index in [1.165, 1.54) is 13.2 Å². The first-order valence-electron chi connectivity index (χ1n) is 4.49. The summed E-state index contributed by atoms with van der Waals surface area (Å²) in [7, 11) is 1.32. The zero-order chi connectivity index (χ0) is 11.4. The van der Waals surface area contributed by atoms with Crippen LogP contribution in [0.15, 0.2) is 12.1 Å². The Hall–Kier alpha value is -1.09. The highest BCUT2D eigenvalue weighted by Crippen LogP contribution is 2.18. The number of carbonyl (C=O) groups is 1. The molecule has 0 aliphatic heterocycles. The Balaban J connectivity index is 3.02. The Morgan fingerprint density at radius 1 is 1.47 bits per heavy atom. The van der Waals surface area contributed by atoms with E-state index in [0.29, 0.717) is 5.56 Å². The minimum Gasteiger partial charge on any atom is -0.469 e. The Morgan fingerprint density at radius 3 is 2.67 bits per heavy atom. The van der Waals surface area contributed by atoms with Crippen molar-refractivity contribution in [1.29, 1.82) is 0 Å². The van der Waals surface area contributed by atoms with Crippen LogP contribution in [-0.4, -0.2) is 13.1 Å². The van der Waals surface area contributed by atoms with Crippen LogP contribution in [0.25, 0.3) is 0 Å². The second kappa shape index (κ2) is 5.12. The largest absolute Gasteiger partial charge is 0.469 e. The first-order valence-corrected chi connectivity index (χ1v) is 5.02. The molecular weight excluding hydrogens is 219 g/mol. The molecule has 0 aliphatic rings. The monoisotopic (exact) mass is 230 g/mol. The minimum atomic E-state index is -0.342. The molecule has 1 aromatic rings. The van der Waals surface area contributed by atoms with Crippen molar-refractivity contribution >= 4 is 17.6 Å². The van der Waals surface area contributed by atoms with Gasteiger partial charge in [-0.2, -0.15) is 0 Å². The van der Waals surface area contributed by atoms with Gasteiger partial charge in [0, 0.05) is 5.56 Å². The summed E-state index contributed by atoms with van der Waals surface area (Å²) in [6, 6.07) is 2.99. The highest BCUT2D eigenvalue weighted by molar-refractivity contribution is 6.17. The zero-order valence-corrected chi connectivity index (χ0v) is 9.40. The third kappa shape index (κ3) is 2.93. The maximum Gasteiger partial charge on any atom is 0.309 e. The van der Waals surface area contributed by atoms with Crippen LogP contribution >= 0.6 is 11.6 Å². The van der Waals surface area contributed by atoms with Gasteiger partial charge >= 0.3 is 5.97 Å². The molecule has 1 aromatic carbocycles. The van der Waals surface area contributed by atoms with E-state index in [-0.39, 0.29) is 24.1 Å². The molecule has 82 valence electrons. The lowest BCUT2D eigenvalue weighted by Gasteiger charge is -2.07. The average Bonchev–Trinajstić information content (AvgIpc) is 2.21. The highest BCUT2D eigenvalue weighted by Gasteiger charge is 2.10. The van der Waals surface area contributed by atoms with Crippen LogP contribution in [0.2, 0.25) is 0 Å². The van der Waals surface area contributed by atoms with Gasteiger partial charge in [0.25, 0.3) is 0 Å². The summed E-state index contributed by atoms with van der Waals surface area (Å²) in [4.78, 5) is 11.1. The molecule has 0 amide bonds. The average molecular weight is 231 g/mol. The van der Waals surface area contributed by atoms with Crippen LogP contribution in [0.4, 0.5) is 4.39 Å². The molecule has 0 aromatic heterocycles. The predicted octanol–water partition coefficient (Wildman–Crippen LogP) is 2.59. The Kier molecular flexibility index (Phi) is 4.09. The number of methoxy groups -OCH3 is 1. The molecule has 0 spiro atoms. The van der Waals surface area contributed by atoms with Crippen molar-refractivity contribution in [3.8, 4) is 0 Å². The van der Waals surface area contributed by atoms with Gasteiger partial charge in [-0.05, 0) is 24.1 Å². The lowest BCUT2D eigenvalue weighted by Crippen LogP contribution is -2.07. The van der Waals surface area contributed by atoms with Gasteiger partial charge in [0.05, 0.1) is 19.4 Å². The molecule has 0 bridgehead atoms. The first kappa shape index (κ1) is 12.0. The van der Waals surface area contributed by atoms with Gasteiger partial charge in [0.1, 0.15) is 5.82 Å². The minimum absolute atomic E-state index is 0.0975. The summed E-state index contributed by atoms with van der Waals surface area (Å²) in [5.74, 6) is -0.582. The van der Waals surface area contributed by atoms with Gasteiger partial charge in [0.2, 0.25) is 0 Å². The lowest BCUT2D eigenvalue weighted by atomic mass is 10.0. The number of benzene rings is 1. The molecule has 0 N–H and O–H groups in total. The van der Waals surface area contributed by atoms with Gasteiger partial charge in [0.15, 0.2) is 0 Å². The summed E-state index contributed by atoms with van der Waals surface area (Å²) in [6.07, 6.45) is 0.145. The van der Waals surface area contributed by atoms with Crippen molar-refractivity contribution in [2.24, 2.45) is 0 Å². The van der Waals surface area contributed by atoms with E-state index < -0.39 is 0 Å². The molecule has 0 saturated heterocycles. The molecular formula is C11H12ClFO2. The SMILES string of the molecule is COC(=O)Cc1cc(CCl)c(F)cc1C. The van der Waals surface area contributed by atoms with Crippen LogP contribution in [0.3, 0.4) is 0 Å². The molecule has 0 aliphatic carbocycles. The third-order valence-corrected chi connectivity index (χ3v) is 2.50. The smallest absolute Gasteiger partial charge is 0.309 e. The van der Waals surface area contributed by atoms with Crippen LogP contribution in [0.1, 0.15) is 16.7 Å². The Labute approximate surface area is 93.0 Å². The molecule has 0 saturated carbocycles. The van der Waals surface area contributed by atoms with Crippen molar-refractivity contribution in [2.75, 3.05) is 7.11 Å². The first-order chi connectivity index (χ1) is 7.08. The Bertz CT molecular complexity index is 377. The normalized spacial score (nSPS) is 10.1. The molecule has 0 fully saturated rings. The topological polar surface area (TPSA) is 26.3 Å². The van der Waals surface area contributed by atoms with Crippen LogP contribution in [0.5, 0.6) is 0 Å². The van der Waals surface area contributed by atoms with Gasteiger partial charge in [-0.25, -0.2) is 4.39 Å². The van der Waals surface area contributed by atoms with E-state index in [1.807, 2.05) is 0 Å². The molecule has 2 nitrogen and oxygen atoms in total. The molecule has 0 atom stereocenters. The number of alkyl halides is 1. The van der Waals surface area contributed by atoms with Crippen molar-refractivity contribution in [3.05, 3.63) is 34.6 Å². The van der Waals surface area contributed by atoms with Gasteiger partial charge < -0.3 is 4.74 Å². The van der Waals surface area contributed by atoms with Gasteiger partial charge in [-0.3, -0.25) is 4.79 Å². The van der Waals surface area contributed by atoms with E-state index >= 15 is 0 Å². The number of esters is 1. The fraction of sp³-hybridized carbons (Fsp3) is 0.364. The highest BCUT2D eigenvalue weighted by atomic mass is 35.5. The summed E-state index contributed by atoms with van der Waals surface area (Å²) in [5, 5.41) is 0. The number of hydrogen-bond donors (Lipinski definition) is 0. The summed E-state index contributed by atoms with van der Waals surface area (Å²) in [5.41, 5.74) is 1.88. The fourth-order valence-corrected chi connectivity index (χ4v) is 1.49. The number of halogens is 2. The standard InChI is InChI=1S/C11H12ClFO2/c1-7-3-10(13)9(6-12)4-8(7)5-11(14)15-2/h3-4H,5-6H2,1-2H3. The zero-order valence-electron chi connectivity index (χ0n) is 8.64. The van der Waals surface area contributed by atoms with Gasteiger partial charge in [-0.15, -0.1) is 11.6 Å². The maximum atomic E-state index is 13.2. The second-order valence-electron chi connectivity index (χ2n) is 3.26. The van der Waals surface area contributed by atoms with Crippen molar-refractivity contribution in [2.45, 2.75) is 19.2 Å². The summed E-state index contributed by atoms with van der Waals surface area (Å²) >= 11 is 5.57.